The molecule has 1 atom stereocenters. The van der Waals surface area contributed by atoms with E-state index in [1.807, 2.05) is 0 Å². The van der Waals surface area contributed by atoms with E-state index in [1.165, 1.54) is 35.5 Å². The van der Waals surface area contributed by atoms with Crippen molar-refractivity contribution in [1.29, 1.82) is 0 Å². The first-order chi connectivity index (χ1) is 10.1. The molecule has 0 aliphatic carbocycles. The van der Waals surface area contributed by atoms with Crippen LogP contribution in [0.4, 0.5) is 11.4 Å². The Bertz CT molecular complexity index is 463. The number of rotatable bonds is 10. The monoisotopic (exact) mass is 293 g/mol. The third-order valence-electron chi connectivity index (χ3n) is 2.73. The number of anilines is 1. The summed E-state index contributed by atoms with van der Waals surface area (Å²) in [4.78, 5) is 10.7. The number of aliphatic hydroxyl groups excluding tert-OH is 1. The predicted molar refractivity (Wildman–Crippen MR) is 80.0 cm³/mol. The number of nitro benzene ring substituents is 1. The fourth-order valence-corrected chi connectivity index (χ4v) is 1.73. The maximum Gasteiger partial charge on any atom is 0.435 e. The van der Waals surface area contributed by atoms with Crippen LogP contribution in [0.2, 0.25) is 0 Å². The van der Waals surface area contributed by atoms with Gasteiger partial charge in [0, 0.05) is 37.6 Å². The highest BCUT2D eigenvalue weighted by molar-refractivity contribution is 6.32. The van der Waals surface area contributed by atoms with E-state index in [-0.39, 0.29) is 18.3 Å². The highest BCUT2D eigenvalue weighted by Crippen LogP contribution is 2.24. The summed E-state index contributed by atoms with van der Waals surface area (Å²) in [6.07, 6.45) is 0.293. The van der Waals surface area contributed by atoms with E-state index < -0.39 is 4.92 Å². The minimum atomic E-state index is -0.457. The first-order valence-electron chi connectivity index (χ1n) is 6.22. The number of nitrogens with one attached hydrogen (secondary N) is 2. The molecule has 0 spiro atoms. The molecular formula is C11H17B2N3O5. The molecule has 1 unspecified atom stereocenters. The maximum atomic E-state index is 11.2. The van der Waals surface area contributed by atoms with E-state index in [2.05, 4.69) is 10.5 Å². The standard InChI is InChI=1S/C11H17B2N3O5/c1-20-12-14-9-4-3-8(11(6-9)16(18)19)5-10(7-17)15-13-21-2/h3-4,6,10,14-15,17H,5,7H2,1-2H3. The molecule has 3 N–H and O–H groups in total. The Morgan fingerprint density at radius 3 is 2.67 bits per heavy atom. The van der Waals surface area contributed by atoms with Crippen LogP contribution in [0.25, 0.3) is 0 Å². The maximum absolute atomic E-state index is 11.2. The SMILES string of the molecule is CO[B]Nc1ccc(CC(CO)N[B]OC)c([N+](=O)[O-])c1. The van der Waals surface area contributed by atoms with Crippen LogP contribution >= 0.6 is 0 Å². The molecule has 1 rings (SSSR count). The van der Waals surface area contributed by atoms with Crippen molar-refractivity contribution >= 4 is 26.6 Å². The second-order valence-corrected chi connectivity index (χ2v) is 4.20. The summed E-state index contributed by atoms with van der Waals surface area (Å²) in [5.41, 5.74) is 1.03. The van der Waals surface area contributed by atoms with Crippen molar-refractivity contribution in [3.8, 4) is 0 Å². The van der Waals surface area contributed by atoms with Crippen molar-refractivity contribution in [1.82, 2.24) is 5.23 Å². The predicted octanol–water partition coefficient (Wildman–Crippen LogP) is -0.139. The zero-order valence-electron chi connectivity index (χ0n) is 11.9. The van der Waals surface area contributed by atoms with Crippen molar-refractivity contribution < 1.29 is 19.3 Å². The van der Waals surface area contributed by atoms with Gasteiger partial charge < -0.3 is 24.9 Å². The number of hydrogen-bond acceptors (Lipinski definition) is 7. The Morgan fingerprint density at radius 1 is 1.38 bits per heavy atom. The molecule has 0 saturated heterocycles. The van der Waals surface area contributed by atoms with Crippen molar-refractivity contribution in [2.75, 3.05) is 26.1 Å². The van der Waals surface area contributed by atoms with Gasteiger partial charge in [-0.2, -0.15) is 0 Å². The Hall–Kier alpha value is -1.61. The lowest BCUT2D eigenvalue weighted by molar-refractivity contribution is -0.385. The molecule has 21 heavy (non-hydrogen) atoms. The third-order valence-corrected chi connectivity index (χ3v) is 2.73. The number of nitrogens with zero attached hydrogens (tertiary/aromatic N) is 1. The molecule has 0 aromatic heterocycles. The topological polar surface area (TPSA) is 106 Å². The molecule has 0 aliphatic heterocycles. The summed E-state index contributed by atoms with van der Waals surface area (Å²) in [6.45, 7) is -0.172. The molecule has 0 heterocycles. The Kier molecular flexibility index (Phi) is 7.76. The fourth-order valence-electron chi connectivity index (χ4n) is 1.73. The van der Waals surface area contributed by atoms with E-state index >= 15 is 0 Å². The van der Waals surface area contributed by atoms with E-state index in [0.717, 1.165) is 0 Å². The molecule has 0 fully saturated rings. The van der Waals surface area contributed by atoms with Crippen LogP contribution in [0.15, 0.2) is 18.2 Å². The summed E-state index contributed by atoms with van der Waals surface area (Å²) in [5.74, 6) is 0. The van der Waals surface area contributed by atoms with Crippen LogP contribution in [-0.4, -0.2) is 52.1 Å². The lowest BCUT2D eigenvalue weighted by Crippen LogP contribution is -2.38. The minimum Gasteiger partial charge on any atom is -0.427 e. The molecule has 0 aliphatic rings. The molecule has 2 radical (unpaired) electrons. The molecule has 1 aromatic carbocycles. The van der Waals surface area contributed by atoms with Gasteiger partial charge in [-0.05, 0) is 12.5 Å². The van der Waals surface area contributed by atoms with E-state index in [9.17, 15) is 15.2 Å². The van der Waals surface area contributed by atoms with Gasteiger partial charge in [-0.1, -0.05) is 6.07 Å². The Balaban J connectivity index is 2.87. The minimum absolute atomic E-state index is 0.0258. The smallest absolute Gasteiger partial charge is 0.427 e. The van der Waals surface area contributed by atoms with Gasteiger partial charge >= 0.3 is 15.2 Å². The van der Waals surface area contributed by atoms with Crippen LogP contribution in [0.1, 0.15) is 5.56 Å². The normalized spacial score (nSPS) is 11.8. The van der Waals surface area contributed by atoms with Crippen LogP contribution in [-0.2, 0) is 15.7 Å². The summed E-state index contributed by atoms with van der Waals surface area (Å²) >= 11 is 0. The van der Waals surface area contributed by atoms with Crippen LogP contribution < -0.4 is 10.5 Å². The molecule has 0 saturated carbocycles. The molecule has 8 nitrogen and oxygen atoms in total. The molecule has 112 valence electrons. The first-order valence-corrected chi connectivity index (χ1v) is 6.22. The average molecular weight is 293 g/mol. The van der Waals surface area contributed by atoms with Crippen LogP contribution in [0.5, 0.6) is 0 Å². The average Bonchev–Trinajstić information content (AvgIpc) is 2.49. The van der Waals surface area contributed by atoms with Crippen molar-refractivity contribution in [3.63, 3.8) is 0 Å². The van der Waals surface area contributed by atoms with Gasteiger partial charge in [0.15, 0.2) is 0 Å². The lowest BCUT2D eigenvalue weighted by atomic mass is 10.0. The third kappa shape index (κ3) is 5.72. The molecular weight excluding hydrogens is 276 g/mol. The number of nitro groups is 1. The van der Waals surface area contributed by atoms with Gasteiger partial charge in [0.1, 0.15) is 0 Å². The molecule has 0 bridgehead atoms. The Labute approximate surface area is 124 Å². The first kappa shape index (κ1) is 17.4. The zero-order chi connectivity index (χ0) is 15.7. The van der Waals surface area contributed by atoms with Gasteiger partial charge in [-0.3, -0.25) is 10.1 Å². The van der Waals surface area contributed by atoms with Crippen LogP contribution in [0.3, 0.4) is 0 Å². The van der Waals surface area contributed by atoms with Crippen molar-refractivity contribution in [2.24, 2.45) is 0 Å². The summed E-state index contributed by atoms with van der Waals surface area (Å²) < 4.78 is 9.48. The van der Waals surface area contributed by atoms with E-state index in [1.54, 1.807) is 12.1 Å². The van der Waals surface area contributed by atoms with Gasteiger partial charge in [0.25, 0.3) is 5.69 Å². The zero-order valence-corrected chi connectivity index (χ0v) is 11.9. The number of aliphatic hydroxyl groups is 1. The summed E-state index contributed by atoms with van der Waals surface area (Å²) in [5, 5.41) is 26.0. The van der Waals surface area contributed by atoms with Crippen molar-refractivity contribution in [2.45, 2.75) is 12.5 Å². The number of benzene rings is 1. The highest BCUT2D eigenvalue weighted by atomic mass is 16.6. The highest BCUT2D eigenvalue weighted by Gasteiger charge is 2.18. The molecule has 0 amide bonds. The van der Waals surface area contributed by atoms with Gasteiger partial charge in [0.2, 0.25) is 0 Å². The summed E-state index contributed by atoms with van der Waals surface area (Å²) in [7, 11) is 5.59. The molecule has 1 aromatic rings. The van der Waals surface area contributed by atoms with Crippen LogP contribution in [0, 0.1) is 10.1 Å². The fraction of sp³-hybridized carbons (Fsp3) is 0.455. The molecule has 10 heteroatoms. The summed E-state index contributed by atoms with van der Waals surface area (Å²) in [6, 6.07) is 4.39. The quantitative estimate of drug-likeness (QED) is 0.313. The van der Waals surface area contributed by atoms with Gasteiger partial charge in [-0.15, -0.1) is 0 Å². The van der Waals surface area contributed by atoms with E-state index in [4.69, 9.17) is 9.31 Å². The largest absolute Gasteiger partial charge is 0.435 e. The van der Waals surface area contributed by atoms with Gasteiger partial charge in [-0.25, -0.2) is 0 Å². The van der Waals surface area contributed by atoms with Gasteiger partial charge in [0.05, 0.1) is 11.5 Å². The van der Waals surface area contributed by atoms with Crippen molar-refractivity contribution in [3.05, 3.63) is 33.9 Å². The second kappa shape index (κ2) is 9.35. The number of hydrogen-bond donors (Lipinski definition) is 3. The van der Waals surface area contributed by atoms with E-state index in [0.29, 0.717) is 17.7 Å². The lowest BCUT2D eigenvalue weighted by Gasteiger charge is -2.15. The second-order valence-electron chi connectivity index (χ2n) is 4.20. The Morgan fingerprint density at radius 2 is 2.10 bits per heavy atom.